The first-order valence-electron chi connectivity index (χ1n) is 9.89. The van der Waals surface area contributed by atoms with Gasteiger partial charge in [0.2, 0.25) is 5.91 Å². The molecule has 1 aromatic carbocycles. The Morgan fingerprint density at radius 3 is 2.50 bits per heavy atom. The monoisotopic (exact) mass is 326 g/mol. The van der Waals surface area contributed by atoms with Crippen molar-refractivity contribution in [2.24, 2.45) is 5.92 Å². The number of benzene rings is 1. The number of carbonyl (C=O) groups is 1. The molecule has 4 rings (SSSR count). The van der Waals surface area contributed by atoms with Crippen molar-refractivity contribution in [3.63, 3.8) is 0 Å². The minimum absolute atomic E-state index is 0.372. The van der Waals surface area contributed by atoms with Crippen LogP contribution in [0.1, 0.15) is 56.9 Å². The largest absolute Gasteiger partial charge is 0.334 e. The molecule has 3 heteroatoms. The van der Waals surface area contributed by atoms with Crippen molar-refractivity contribution in [3.8, 4) is 0 Å². The quantitative estimate of drug-likeness (QED) is 0.843. The second-order valence-corrected chi connectivity index (χ2v) is 7.97. The highest BCUT2D eigenvalue weighted by Gasteiger charge is 2.42. The molecule has 1 aliphatic carbocycles. The van der Waals surface area contributed by atoms with E-state index >= 15 is 0 Å². The molecule has 3 aliphatic rings. The molecular formula is C21H30N2O. The average molecular weight is 326 g/mol. The van der Waals surface area contributed by atoms with Crippen molar-refractivity contribution in [2.45, 2.75) is 70.0 Å². The predicted octanol–water partition coefficient (Wildman–Crippen LogP) is 3.83. The predicted molar refractivity (Wildman–Crippen MR) is 96.6 cm³/mol. The first-order valence-corrected chi connectivity index (χ1v) is 9.89. The van der Waals surface area contributed by atoms with Gasteiger partial charge in [-0.2, -0.15) is 0 Å². The van der Waals surface area contributed by atoms with Crippen molar-refractivity contribution in [2.75, 3.05) is 13.1 Å². The van der Waals surface area contributed by atoms with Crippen LogP contribution in [0.5, 0.6) is 0 Å². The highest BCUT2D eigenvalue weighted by molar-refractivity contribution is 5.77. The van der Waals surface area contributed by atoms with E-state index in [-0.39, 0.29) is 0 Å². The van der Waals surface area contributed by atoms with Gasteiger partial charge in [0.25, 0.3) is 0 Å². The summed E-state index contributed by atoms with van der Waals surface area (Å²) in [5, 5.41) is 0. The summed E-state index contributed by atoms with van der Waals surface area (Å²) >= 11 is 0. The van der Waals surface area contributed by atoms with E-state index in [9.17, 15) is 4.79 Å². The van der Waals surface area contributed by atoms with Crippen LogP contribution >= 0.6 is 0 Å². The van der Waals surface area contributed by atoms with E-state index in [1.165, 1.54) is 50.6 Å². The molecule has 2 heterocycles. The van der Waals surface area contributed by atoms with Gasteiger partial charge in [-0.05, 0) is 37.2 Å². The molecule has 0 bridgehead atoms. The Hall–Kier alpha value is -1.35. The summed E-state index contributed by atoms with van der Waals surface area (Å²) < 4.78 is 0. The average Bonchev–Trinajstić information content (AvgIpc) is 2.99. The molecule has 1 saturated carbocycles. The summed E-state index contributed by atoms with van der Waals surface area (Å²) in [7, 11) is 0. The number of fused-ring (bicyclic) bond motifs is 1. The van der Waals surface area contributed by atoms with Crippen molar-refractivity contribution in [1.82, 2.24) is 9.80 Å². The second-order valence-electron chi connectivity index (χ2n) is 7.97. The van der Waals surface area contributed by atoms with E-state index < -0.39 is 0 Å². The van der Waals surface area contributed by atoms with E-state index in [1.807, 2.05) is 0 Å². The molecule has 2 aliphatic heterocycles. The molecule has 0 N–H and O–H groups in total. The molecule has 0 aromatic heterocycles. The van der Waals surface area contributed by atoms with E-state index in [0.717, 1.165) is 32.0 Å². The third-order valence-corrected chi connectivity index (χ3v) is 6.41. The van der Waals surface area contributed by atoms with Crippen LogP contribution in [-0.4, -0.2) is 40.9 Å². The van der Waals surface area contributed by atoms with Crippen LogP contribution in [0.25, 0.3) is 0 Å². The molecule has 0 unspecified atom stereocenters. The van der Waals surface area contributed by atoms with E-state index in [1.54, 1.807) is 0 Å². The molecular weight excluding hydrogens is 296 g/mol. The van der Waals surface area contributed by atoms with Crippen molar-refractivity contribution in [3.05, 3.63) is 35.9 Å². The highest BCUT2D eigenvalue weighted by atomic mass is 16.2. The van der Waals surface area contributed by atoms with Crippen LogP contribution in [0, 0.1) is 5.92 Å². The van der Waals surface area contributed by atoms with Crippen LogP contribution in [0.15, 0.2) is 30.3 Å². The summed E-state index contributed by atoms with van der Waals surface area (Å²) in [4.78, 5) is 17.7. The lowest BCUT2D eigenvalue weighted by Crippen LogP contribution is -2.44. The molecule has 0 radical (unpaired) electrons. The summed E-state index contributed by atoms with van der Waals surface area (Å²) in [5.41, 5.74) is 1.27. The van der Waals surface area contributed by atoms with Gasteiger partial charge in [-0.15, -0.1) is 0 Å². The zero-order valence-corrected chi connectivity index (χ0v) is 14.7. The summed E-state index contributed by atoms with van der Waals surface area (Å²) in [5.74, 6) is 1.05. The zero-order valence-electron chi connectivity index (χ0n) is 14.7. The van der Waals surface area contributed by atoms with Gasteiger partial charge in [0.1, 0.15) is 0 Å². The molecule has 1 aromatic rings. The molecule has 130 valence electrons. The number of likely N-dealkylation sites (tertiary alicyclic amines) is 2. The number of amides is 1. The van der Waals surface area contributed by atoms with Gasteiger partial charge in [-0.3, -0.25) is 9.69 Å². The van der Waals surface area contributed by atoms with Crippen LogP contribution in [-0.2, 0) is 11.3 Å². The molecule has 2 atom stereocenters. The minimum atomic E-state index is 0.372. The second kappa shape index (κ2) is 7.26. The Bertz CT molecular complexity index is 552. The normalized spacial score (nSPS) is 29.5. The van der Waals surface area contributed by atoms with Gasteiger partial charge in [0.05, 0.1) is 0 Å². The first kappa shape index (κ1) is 16.1. The molecule has 1 amide bonds. The highest BCUT2D eigenvalue weighted by Crippen LogP contribution is 2.35. The van der Waals surface area contributed by atoms with E-state index in [4.69, 9.17) is 0 Å². The fourth-order valence-electron chi connectivity index (χ4n) is 5.10. The van der Waals surface area contributed by atoms with Crippen molar-refractivity contribution in [1.29, 1.82) is 0 Å². The Balaban J connectivity index is 1.50. The van der Waals surface area contributed by atoms with Crippen LogP contribution in [0.4, 0.5) is 0 Å². The number of hydrogen-bond donors (Lipinski definition) is 0. The third-order valence-electron chi connectivity index (χ3n) is 6.41. The van der Waals surface area contributed by atoms with Gasteiger partial charge in [0.15, 0.2) is 0 Å². The lowest BCUT2D eigenvalue weighted by molar-refractivity contribution is -0.133. The van der Waals surface area contributed by atoms with Gasteiger partial charge in [-0.1, -0.05) is 49.6 Å². The number of hydrogen-bond acceptors (Lipinski definition) is 2. The van der Waals surface area contributed by atoms with Gasteiger partial charge >= 0.3 is 0 Å². The first-order chi connectivity index (χ1) is 11.8. The van der Waals surface area contributed by atoms with Crippen LogP contribution in [0.2, 0.25) is 0 Å². The molecule has 3 fully saturated rings. The Kier molecular flexibility index (Phi) is 4.88. The van der Waals surface area contributed by atoms with Crippen LogP contribution < -0.4 is 0 Å². The van der Waals surface area contributed by atoms with Crippen molar-refractivity contribution < 1.29 is 4.79 Å². The number of rotatable bonds is 3. The lowest BCUT2D eigenvalue weighted by atomic mass is 9.94. The van der Waals surface area contributed by atoms with E-state index in [0.29, 0.717) is 17.9 Å². The Morgan fingerprint density at radius 1 is 0.917 bits per heavy atom. The van der Waals surface area contributed by atoms with Crippen LogP contribution in [0.3, 0.4) is 0 Å². The zero-order chi connectivity index (χ0) is 16.4. The number of carbonyl (C=O) groups excluding carboxylic acids is 1. The summed E-state index contributed by atoms with van der Waals surface area (Å²) in [6.07, 6.45) is 9.97. The maximum Gasteiger partial charge on any atom is 0.223 e. The fraction of sp³-hybridized carbons (Fsp3) is 0.667. The summed E-state index contributed by atoms with van der Waals surface area (Å²) in [6, 6.07) is 11.7. The lowest BCUT2D eigenvalue weighted by Gasteiger charge is -2.33. The van der Waals surface area contributed by atoms with Gasteiger partial charge < -0.3 is 4.90 Å². The summed E-state index contributed by atoms with van der Waals surface area (Å²) in [6.45, 7) is 3.11. The topological polar surface area (TPSA) is 23.6 Å². The van der Waals surface area contributed by atoms with Gasteiger partial charge in [-0.25, -0.2) is 0 Å². The Morgan fingerprint density at radius 2 is 1.71 bits per heavy atom. The molecule has 24 heavy (non-hydrogen) atoms. The molecule has 3 nitrogen and oxygen atoms in total. The third kappa shape index (κ3) is 3.37. The molecule has 2 saturated heterocycles. The smallest absolute Gasteiger partial charge is 0.223 e. The minimum Gasteiger partial charge on any atom is -0.334 e. The standard InChI is InChI=1S/C21H30N2O/c24-21-13-7-10-18-15-22(19-11-5-2-6-12-19)16-20(18)23(21)14-17-8-3-1-4-9-17/h1,3-4,8-9,18-20H,2,5-7,10-16H2/t18-,20+/m1/s1. The van der Waals surface area contributed by atoms with Gasteiger partial charge in [0, 0.05) is 38.1 Å². The van der Waals surface area contributed by atoms with Crippen molar-refractivity contribution >= 4 is 5.91 Å². The molecule has 0 spiro atoms. The van der Waals surface area contributed by atoms with E-state index in [2.05, 4.69) is 40.1 Å². The number of nitrogens with zero attached hydrogens (tertiary/aromatic N) is 2. The maximum atomic E-state index is 12.8. The SMILES string of the molecule is O=C1CCC[C@@H]2CN(C3CCCCC3)C[C@@H]2N1Cc1ccccc1. The maximum absolute atomic E-state index is 12.8. The Labute approximate surface area is 146 Å². The fourth-order valence-corrected chi connectivity index (χ4v) is 5.10.